The van der Waals surface area contributed by atoms with Gasteiger partial charge in [-0.1, -0.05) is 64.0 Å². The summed E-state index contributed by atoms with van der Waals surface area (Å²) < 4.78 is 1.19. The van der Waals surface area contributed by atoms with E-state index >= 15 is 0 Å². The Morgan fingerprint density at radius 1 is 0.944 bits per heavy atom. The molecule has 0 radical (unpaired) electrons. The largest absolute Gasteiger partial charge is 0.0720 e. The predicted octanol–water partition coefficient (Wildman–Crippen LogP) is 5.22. The molecule has 0 heterocycles. The van der Waals surface area contributed by atoms with Crippen molar-refractivity contribution in [2.24, 2.45) is 0 Å². The molecule has 1 aliphatic rings. The van der Waals surface area contributed by atoms with E-state index in [1.165, 1.54) is 32.3 Å². The van der Waals surface area contributed by atoms with Gasteiger partial charge < -0.3 is 0 Å². The van der Waals surface area contributed by atoms with Crippen molar-refractivity contribution >= 4 is 22.0 Å². The number of halogens is 1. The van der Waals surface area contributed by atoms with Crippen molar-refractivity contribution in [3.05, 3.63) is 74.8 Å². The van der Waals surface area contributed by atoms with Crippen LogP contribution in [0.5, 0.6) is 0 Å². The van der Waals surface area contributed by atoms with Crippen LogP contribution >= 0.6 is 15.9 Å². The summed E-state index contributed by atoms with van der Waals surface area (Å²) in [5.41, 5.74) is 6.80. The van der Waals surface area contributed by atoms with Gasteiger partial charge in [0.25, 0.3) is 0 Å². The second-order valence-corrected chi connectivity index (χ2v) is 5.78. The van der Waals surface area contributed by atoms with Gasteiger partial charge in [-0.25, -0.2) is 0 Å². The summed E-state index contributed by atoms with van der Waals surface area (Å²) in [5, 5.41) is 0. The summed E-state index contributed by atoms with van der Waals surface area (Å²) in [4.78, 5) is 0. The molecule has 2 aromatic carbocycles. The Morgan fingerprint density at radius 2 is 1.67 bits per heavy atom. The lowest BCUT2D eigenvalue weighted by atomic mass is 9.91. The van der Waals surface area contributed by atoms with Crippen LogP contribution in [0.25, 0.3) is 6.08 Å². The highest BCUT2D eigenvalue weighted by atomic mass is 79.9. The number of hydrogen-bond donors (Lipinski definition) is 0. The van der Waals surface area contributed by atoms with Crippen molar-refractivity contribution < 1.29 is 0 Å². The molecule has 0 N–H and O–H groups in total. The van der Waals surface area contributed by atoms with Crippen LogP contribution in [-0.2, 0) is 0 Å². The molecule has 1 aliphatic carbocycles. The fraction of sp³-hybridized carbons (Fsp3) is 0.176. The molecule has 18 heavy (non-hydrogen) atoms. The molecular formula is C17H15Br. The second kappa shape index (κ2) is 4.40. The van der Waals surface area contributed by atoms with Crippen molar-refractivity contribution in [2.45, 2.75) is 19.8 Å². The average Bonchev–Trinajstić information content (AvgIpc) is 2.79. The molecular weight excluding hydrogens is 284 g/mol. The topological polar surface area (TPSA) is 0 Å². The smallest absolute Gasteiger partial charge is 0.0278 e. The SMILES string of the molecule is Cc1ccc(C2C=Cc3c2ccc(Br)c3C)cc1. The Bertz CT molecular complexity index is 621. The summed E-state index contributed by atoms with van der Waals surface area (Å²) >= 11 is 3.60. The fourth-order valence-corrected chi connectivity index (χ4v) is 2.92. The lowest BCUT2D eigenvalue weighted by Gasteiger charge is -2.13. The zero-order valence-corrected chi connectivity index (χ0v) is 12.2. The van der Waals surface area contributed by atoms with E-state index in [0.29, 0.717) is 5.92 Å². The van der Waals surface area contributed by atoms with Gasteiger partial charge in [-0.3, -0.25) is 0 Å². The number of rotatable bonds is 1. The molecule has 0 nitrogen and oxygen atoms in total. The minimum absolute atomic E-state index is 0.410. The average molecular weight is 299 g/mol. The zero-order valence-electron chi connectivity index (χ0n) is 10.6. The van der Waals surface area contributed by atoms with Gasteiger partial charge in [0.15, 0.2) is 0 Å². The number of allylic oxidation sites excluding steroid dienone is 1. The minimum Gasteiger partial charge on any atom is -0.0720 e. The lowest BCUT2D eigenvalue weighted by molar-refractivity contribution is 1.04. The molecule has 0 saturated carbocycles. The molecule has 1 atom stereocenters. The van der Waals surface area contributed by atoms with Crippen LogP contribution in [0.2, 0.25) is 0 Å². The first-order valence-corrected chi connectivity index (χ1v) is 7.00. The summed E-state index contributed by atoms with van der Waals surface area (Å²) in [6, 6.07) is 13.2. The molecule has 0 spiro atoms. The number of hydrogen-bond acceptors (Lipinski definition) is 0. The monoisotopic (exact) mass is 298 g/mol. The Morgan fingerprint density at radius 3 is 2.39 bits per heavy atom. The molecule has 1 heteroatoms. The minimum atomic E-state index is 0.410. The first-order valence-electron chi connectivity index (χ1n) is 6.20. The first-order chi connectivity index (χ1) is 8.66. The molecule has 0 aromatic heterocycles. The van der Waals surface area contributed by atoms with E-state index in [0.717, 1.165) is 0 Å². The van der Waals surface area contributed by atoms with E-state index in [-0.39, 0.29) is 0 Å². The summed E-state index contributed by atoms with van der Waals surface area (Å²) in [6.45, 7) is 4.30. The Labute approximate surface area is 116 Å². The van der Waals surface area contributed by atoms with Crippen LogP contribution < -0.4 is 0 Å². The van der Waals surface area contributed by atoms with Gasteiger partial charge >= 0.3 is 0 Å². The van der Waals surface area contributed by atoms with Crippen molar-refractivity contribution in [3.8, 4) is 0 Å². The van der Waals surface area contributed by atoms with Gasteiger partial charge in [0.05, 0.1) is 0 Å². The van der Waals surface area contributed by atoms with Crippen LogP contribution in [0, 0.1) is 13.8 Å². The third kappa shape index (κ3) is 1.83. The van der Waals surface area contributed by atoms with Gasteiger partial charge in [-0.2, -0.15) is 0 Å². The maximum Gasteiger partial charge on any atom is 0.0278 e. The van der Waals surface area contributed by atoms with Gasteiger partial charge in [0, 0.05) is 10.4 Å². The Balaban J connectivity index is 2.08. The van der Waals surface area contributed by atoms with Crippen LogP contribution in [-0.4, -0.2) is 0 Å². The number of fused-ring (bicyclic) bond motifs is 1. The molecule has 2 aromatic rings. The van der Waals surface area contributed by atoms with Gasteiger partial charge in [-0.15, -0.1) is 0 Å². The van der Waals surface area contributed by atoms with Crippen LogP contribution in [0.3, 0.4) is 0 Å². The lowest BCUT2D eigenvalue weighted by Crippen LogP contribution is -1.97. The first kappa shape index (κ1) is 11.7. The number of benzene rings is 2. The van der Waals surface area contributed by atoms with Gasteiger partial charge in [0.2, 0.25) is 0 Å². The molecule has 3 rings (SSSR count). The highest BCUT2D eigenvalue weighted by Crippen LogP contribution is 2.38. The predicted molar refractivity (Wildman–Crippen MR) is 80.9 cm³/mol. The zero-order chi connectivity index (χ0) is 12.7. The summed E-state index contributed by atoms with van der Waals surface area (Å²) in [7, 11) is 0. The van der Waals surface area contributed by atoms with Crippen molar-refractivity contribution in [3.63, 3.8) is 0 Å². The van der Waals surface area contributed by atoms with Crippen molar-refractivity contribution in [1.82, 2.24) is 0 Å². The van der Waals surface area contributed by atoms with E-state index < -0.39 is 0 Å². The van der Waals surface area contributed by atoms with Gasteiger partial charge in [-0.05, 0) is 42.2 Å². The highest BCUT2D eigenvalue weighted by Gasteiger charge is 2.20. The Kier molecular flexibility index (Phi) is 2.87. The van der Waals surface area contributed by atoms with Crippen LogP contribution in [0.15, 0.2) is 46.9 Å². The van der Waals surface area contributed by atoms with E-state index in [4.69, 9.17) is 0 Å². The molecule has 0 aliphatic heterocycles. The highest BCUT2D eigenvalue weighted by molar-refractivity contribution is 9.10. The normalized spacial score (nSPS) is 16.9. The maximum atomic E-state index is 3.60. The molecule has 0 saturated heterocycles. The molecule has 0 amide bonds. The number of aryl methyl sites for hydroxylation is 1. The van der Waals surface area contributed by atoms with E-state index in [2.05, 4.69) is 78.3 Å². The second-order valence-electron chi connectivity index (χ2n) is 4.92. The van der Waals surface area contributed by atoms with Gasteiger partial charge in [0.1, 0.15) is 0 Å². The molecule has 0 fully saturated rings. The van der Waals surface area contributed by atoms with Crippen LogP contribution in [0.4, 0.5) is 0 Å². The Hall–Kier alpha value is -1.34. The van der Waals surface area contributed by atoms with E-state index in [1.54, 1.807) is 0 Å². The summed E-state index contributed by atoms with van der Waals surface area (Å²) in [5.74, 6) is 0.410. The van der Waals surface area contributed by atoms with E-state index in [1.807, 2.05) is 0 Å². The maximum absolute atomic E-state index is 3.60. The van der Waals surface area contributed by atoms with Crippen LogP contribution in [0.1, 0.15) is 33.7 Å². The quantitative estimate of drug-likeness (QED) is 0.677. The van der Waals surface area contributed by atoms with Crippen molar-refractivity contribution in [2.75, 3.05) is 0 Å². The molecule has 1 unspecified atom stereocenters. The third-order valence-electron chi connectivity index (χ3n) is 3.71. The third-order valence-corrected chi connectivity index (χ3v) is 4.57. The standard InChI is InChI=1S/C17H15Br/c1-11-3-5-13(6-4-11)15-8-7-14-12(2)17(18)10-9-16(14)15/h3-10,15H,1-2H3. The van der Waals surface area contributed by atoms with Crippen molar-refractivity contribution in [1.29, 1.82) is 0 Å². The van der Waals surface area contributed by atoms with E-state index in [9.17, 15) is 0 Å². The fourth-order valence-electron chi connectivity index (χ4n) is 2.58. The summed E-state index contributed by atoms with van der Waals surface area (Å²) in [6.07, 6.45) is 4.55. The molecule has 0 bridgehead atoms. The molecule has 90 valence electrons.